The van der Waals surface area contributed by atoms with Gasteiger partial charge >= 0.3 is 5.97 Å². The standard InChI is InChI=1S/C15H12N3O4S/c19-14(20)9-23-15-16-12-8-11(18(21)22)6-7-13(12)17(15)10-4-2-1-3-5-10/h1-8,21H,9H2,(H,19,20)/q-1. The van der Waals surface area contributed by atoms with Crippen molar-refractivity contribution in [2.45, 2.75) is 5.16 Å². The summed E-state index contributed by atoms with van der Waals surface area (Å²) in [5.74, 6) is -1.07. The maximum absolute atomic E-state index is 11.0. The SMILES string of the molecule is O=C(O)CSc1nc2cc(N([O-])O)ccc2n1-c1ccccc1. The zero-order chi connectivity index (χ0) is 16.4. The Balaban J connectivity index is 2.16. The molecule has 0 aliphatic carbocycles. The lowest BCUT2D eigenvalue weighted by molar-refractivity contribution is -0.133. The predicted octanol–water partition coefficient (Wildman–Crippen LogP) is 2.90. The number of para-hydroxylation sites is 1. The van der Waals surface area contributed by atoms with Crippen LogP contribution in [0, 0.1) is 5.21 Å². The van der Waals surface area contributed by atoms with Crippen LogP contribution in [-0.2, 0) is 4.79 Å². The lowest BCUT2D eigenvalue weighted by atomic mass is 10.2. The van der Waals surface area contributed by atoms with E-state index in [0.29, 0.717) is 10.7 Å². The molecule has 0 saturated carbocycles. The highest BCUT2D eigenvalue weighted by Crippen LogP contribution is 2.30. The molecular weight excluding hydrogens is 318 g/mol. The van der Waals surface area contributed by atoms with E-state index in [0.717, 1.165) is 23.0 Å². The molecular formula is C15H12N3O4S-. The van der Waals surface area contributed by atoms with Gasteiger partial charge in [-0.1, -0.05) is 30.0 Å². The molecule has 0 aliphatic rings. The molecule has 118 valence electrons. The number of aliphatic carboxylic acids is 1. The third-order valence-electron chi connectivity index (χ3n) is 3.17. The van der Waals surface area contributed by atoms with Crippen LogP contribution in [0.25, 0.3) is 16.7 Å². The number of carboxylic acid groups (broad SMARTS) is 1. The van der Waals surface area contributed by atoms with Crippen molar-refractivity contribution in [2.24, 2.45) is 0 Å². The average molecular weight is 330 g/mol. The second-order valence-corrected chi connectivity index (χ2v) is 5.64. The fraction of sp³-hybridized carbons (Fsp3) is 0.0667. The number of hydrogen-bond acceptors (Lipinski definition) is 6. The van der Waals surface area contributed by atoms with Gasteiger partial charge in [0.05, 0.1) is 22.5 Å². The van der Waals surface area contributed by atoms with Gasteiger partial charge in [-0.2, -0.15) is 0 Å². The topological polar surface area (TPSA) is 102 Å². The summed E-state index contributed by atoms with van der Waals surface area (Å²) in [6.07, 6.45) is 0. The van der Waals surface area contributed by atoms with Crippen LogP contribution in [0.15, 0.2) is 53.7 Å². The van der Waals surface area contributed by atoms with E-state index in [-0.39, 0.29) is 16.7 Å². The normalized spacial score (nSPS) is 10.9. The number of hydrogen-bond donors (Lipinski definition) is 2. The Morgan fingerprint density at radius 1 is 1.26 bits per heavy atom. The van der Waals surface area contributed by atoms with Crippen LogP contribution in [-0.4, -0.2) is 31.6 Å². The molecule has 0 spiro atoms. The van der Waals surface area contributed by atoms with Crippen molar-refractivity contribution in [2.75, 3.05) is 11.0 Å². The van der Waals surface area contributed by atoms with Crippen molar-refractivity contribution in [3.8, 4) is 5.69 Å². The van der Waals surface area contributed by atoms with E-state index >= 15 is 0 Å². The highest BCUT2D eigenvalue weighted by Gasteiger charge is 2.14. The zero-order valence-corrected chi connectivity index (χ0v) is 12.6. The van der Waals surface area contributed by atoms with Crippen molar-refractivity contribution < 1.29 is 15.1 Å². The molecule has 0 atom stereocenters. The minimum Gasteiger partial charge on any atom is -0.733 e. The van der Waals surface area contributed by atoms with E-state index in [1.54, 1.807) is 6.07 Å². The third kappa shape index (κ3) is 3.14. The number of thioether (sulfide) groups is 1. The van der Waals surface area contributed by atoms with Gasteiger partial charge in [-0.25, -0.2) is 4.98 Å². The van der Waals surface area contributed by atoms with Crippen LogP contribution < -0.4 is 5.23 Å². The maximum Gasteiger partial charge on any atom is 0.313 e. The summed E-state index contributed by atoms with van der Waals surface area (Å²) in [6, 6.07) is 14.0. The lowest BCUT2D eigenvalue weighted by Gasteiger charge is -2.21. The molecule has 0 saturated heterocycles. The van der Waals surface area contributed by atoms with Crippen LogP contribution in [0.4, 0.5) is 5.69 Å². The summed E-state index contributed by atoms with van der Waals surface area (Å²) in [5.41, 5.74) is 2.10. The van der Waals surface area contributed by atoms with Crippen LogP contribution in [0.3, 0.4) is 0 Å². The molecule has 0 bridgehead atoms. The molecule has 0 amide bonds. The van der Waals surface area contributed by atoms with E-state index < -0.39 is 5.97 Å². The van der Waals surface area contributed by atoms with E-state index in [4.69, 9.17) is 10.3 Å². The van der Waals surface area contributed by atoms with Gasteiger partial charge in [-0.3, -0.25) is 14.6 Å². The second-order valence-electron chi connectivity index (χ2n) is 4.69. The molecule has 23 heavy (non-hydrogen) atoms. The Labute approximate surface area is 135 Å². The van der Waals surface area contributed by atoms with Gasteiger partial charge in [-0.15, -0.1) is 0 Å². The molecule has 0 aliphatic heterocycles. The quantitative estimate of drug-likeness (QED) is 0.548. The van der Waals surface area contributed by atoms with E-state index in [9.17, 15) is 10.0 Å². The molecule has 8 heteroatoms. The Hall–Kier alpha value is -2.55. The molecule has 1 heterocycles. The van der Waals surface area contributed by atoms with Gasteiger partial charge in [0.25, 0.3) is 0 Å². The summed E-state index contributed by atoms with van der Waals surface area (Å²) in [4.78, 5) is 15.2. The van der Waals surface area contributed by atoms with Gasteiger partial charge in [0.1, 0.15) is 0 Å². The first kappa shape index (κ1) is 15.3. The van der Waals surface area contributed by atoms with Crippen LogP contribution in [0.1, 0.15) is 0 Å². The fourth-order valence-electron chi connectivity index (χ4n) is 2.22. The summed E-state index contributed by atoms with van der Waals surface area (Å²) in [5, 5.41) is 29.2. The van der Waals surface area contributed by atoms with Gasteiger partial charge in [0, 0.05) is 5.69 Å². The number of imidazole rings is 1. The molecule has 1 aromatic heterocycles. The Morgan fingerprint density at radius 2 is 2.00 bits per heavy atom. The van der Waals surface area contributed by atoms with E-state index in [1.807, 2.05) is 34.9 Å². The number of fused-ring (bicyclic) bond motifs is 1. The molecule has 0 unspecified atom stereocenters. The third-order valence-corrected chi connectivity index (χ3v) is 4.09. The smallest absolute Gasteiger partial charge is 0.313 e. The number of carbonyl (C=O) groups is 1. The molecule has 3 aromatic rings. The molecule has 3 rings (SSSR count). The monoisotopic (exact) mass is 330 g/mol. The number of anilines is 1. The number of aromatic nitrogens is 2. The van der Waals surface area contributed by atoms with E-state index in [2.05, 4.69) is 4.98 Å². The van der Waals surface area contributed by atoms with Gasteiger partial charge in [0.15, 0.2) is 5.16 Å². The van der Waals surface area contributed by atoms with Gasteiger partial charge in [0.2, 0.25) is 0 Å². The minimum absolute atomic E-state index is 0.0602. The van der Waals surface area contributed by atoms with Gasteiger partial charge < -0.3 is 15.5 Å². The summed E-state index contributed by atoms with van der Waals surface area (Å²) in [6.45, 7) is 0. The highest BCUT2D eigenvalue weighted by molar-refractivity contribution is 7.99. The highest BCUT2D eigenvalue weighted by atomic mass is 32.2. The molecule has 7 nitrogen and oxygen atoms in total. The molecule has 0 radical (unpaired) electrons. The predicted molar refractivity (Wildman–Crippen MR) is 87.1 cm³/mol. The number of benzene rings is 2. The summed E-state index contributed by atoms with van der Waals surface area (Å²) in [7, 11) is 0. The fourth-order valence-corrected chi connectivity index (χ4v) is 2.96. The van der Waals surface area contributed by atoms with Crippen LogP contribution in [0.2, 0.25) is 0 Å². The van der Waals surface area contributed by atoms with Crippen molar-refractivity contribution in [3.63, 3.8) is 0 Å². The first-order chi connectivity index (χ1) is 11.1. The first-order valence-electron chi connectivity index (χ1n) is 6.65. The average Bonchev–Trinajstić information content (AvgIpc) is 2.91. The Kier molecular flexibility index (Phi) is 4.20. The van der Waals surface area contributed by atoms with E-state index in [1.165, 1.54) is 12.1 Å². The van der Waals surface area contributed by atoms with Gasteiger partial charge in [-0.05, 0) is 30.3 Å². The zero-order valence-electron chi connectivity index (χ0n) is 11.8. The number of nitrogens with zero attached hydrogens (tertiary/aromatic N) is 3. The van der Waals surface area contributed by atoms with Crippen molar-refractivity contribution in [3.05, 3.63) is 53.7 Å². The van der Waals surface area contributed by atoms with Crippen molar-refractivity contribution in [1.82, 2.24) is 9.55 Å². The van der Waals surface area contributed by atoms with Crippen molar-refractivity contribution in [1.29, 1.82) is 0 Å². The second kappa shape index (κ2) is 6.29. The number of carboxylic acids is 1. The molecule has 0 fully saturated rings. The van der Waals surface area contributed by atoms with Crippen LogP contribution in [0.5, 0.6) is 0 Å². The minimum atomic E-state index is -0.941. The maximum atomic E-state index is 11.0. The Morgan fingerprint density at radius 3 is 2.65 bits per heavy atom. The lowest BCUT2D eigenvalue weighted by Crippen LogP contribution is -2.06. The molecule has 2 N–H and O–H groups in total. The Bertz CT molecular complexity index is 849. The number of rotatable bonds is 5. The van der Waals surface area contributed by atoms with Crippen molar-refractivity contribution >= 4 is 34.5 Å². The summed E-state index contributed by atoms with van der Waals surface area (Å²) < 4.78 is 1.82. The summed E-state index contributed by atoms with van der Waals surface area (Å²) >= 11 is 1.09. The van der Waals surface area contributed by atoms with Crippen LogP contribution >= 0.6 is 11.8 Å². The first-order valence-corrected chi connectivity index (χ1v) is 7.63. The largest absolute Gasteiger partial charge is 0.733 e. The molecule has 2 aromatic carbocycles.